The summed E-state index contributed by atoms with van der Waals surface area (Å²) in [7, 11) is 2.15. The second-order valence-corrected chi connectivity index (χ2v) is 12.1. The third-order valence-electron chi connectivity index (χ3n) is 8.93. The van der Waals surface area contributed by atoms with E-state index < -0.39 is 0 Å². The highest BCUT2D eigenvalue weighted by molar-refractivity contribution is 5.74. The second kappa shape index (κ2) is 19.3. The van der Waals surface area contributed by atoms with Gasteiger partial charge in [-0.1, -0.05) is 86.8 Å². The average molecular weight is 579 g/mol. The molecule has 0 spiro atoms. The average Bonchev–Trinajstić information content (AvgIpc) is 3.50. The summed E-state index contributed by atoms with van der Waals surface area (Å²) in [5.74, 6) is 1.78. The van der Waals surface area contributed by atoms with Crippen LogP contribution in [0.2, 0.25) is 0 Å². The lowest BCUT2D eigenvalue weighted by Gasteiger charge is -2.37. The molecule has 3 fully saturated rings. The van der Waals surface area contributed by atoms with Gasteiger partial charge in [-0.05, 0) is 88.2 Å². The molecule has 2 saturated heterocycles. The third-order valence-corrected chi connectivity index (χ3v) is 8.93. The molecule has 5 rings (SSSR count). The molecule has 232 valence electrons. The van der Waals surface area contributed by atoms with Crippen molar-refractivity contribution in [2.75, 3.05) is 46.3 Å². The number of likely N-dealkylation sites (tertiary alicyclic amines) is 2. The van der Waals surface area contributed by atoms with Gasteiger partial charge in [0.1, 0.15) is 0 Å². The van der Waals surface area contributed by atoms with Crippen LogP contribution in [0.15, 0.2) is 60.7 Å². The predicted molar refractivity (Wildman–Crippen MR) is 172 cm³/mol. The van der Waals surface area contributed by atoms with Crippen molar-refractivity contribution in [3.63, 3.8) is 0 Å². The number of carbonyl (C=O) groups is 2. The van der Waals surface area contributed by atoms with Gasteiger partial charge in [-0.2, -0.15) is 0 Å². The van der Waals surface area contributed by atoms with Gasteiger partial charge >= 0.3 is 6.03 Å². The zero-order valence-electron chi connectivity index (χ0n) is 26.0. The van der Waals surface area contributed by atoms with Gasteiger partial charge in [-0.3, -0.25) is 4.79 Å². The van der Waals surface area contributed by atoms with E-state index in [0.717, 1.165) is 56.3 Å². The van der Waals surface area contributed by atoms with E-state index in [-0.39, 0.29) is 12.5 Å². The number of carboxylic acid groups (broad SMARTS) is 1. The lowest BCUT2D eigenvalue weighted by Crippen LogP contribution is -2.50. The molecule has 2 amide bonds. The minimum atomic E-state index is -0.250. The van der Waals surface area contributed by atoms with Crippen molar-refractivity contribution in [1.82, 2.24) is 20.0 Å². The molecule has 0 aromatic heterocycles. The summed E-state index contributed by atoms with van der Waals surface area (Å²) in [6, 6.07) is 21.6. The molecule has 1 atom stereocenters. The highest BCUT2D eigenvalue weighted by Gasteiger charge is 2.27. The minimum absolute atomic E-state index is 0.0789. The van der Waals surface area contributed by atoms with Crippen LogP contribution in [-0.4, -0.2) is 84.7 Å². The van der Waals surface area contributed by atoms with Gasteiger partial charge in [0.05, 0.1) is 0 Å². The van der Waals surface area contributed by atoms with Crippen LogP contribution < -0.4 is 5.32 Å². The first-order valence-corrected chi connectivity index (χ1v) is 16.2. The second-order valence-electron chi connectivity index (χ2n) is 12.1. The number of hydrogen-bond donors (Lipinski definition) is 2. The Balaban J connectivity index is 0.000000213. The number of carbonyl (C=O) groups excluding carboxylic acids is 1. The number of nitrogens with one attached hydrogen (secondary N) is 1. The highest BCUT2D eigenvalue weighted by Crippen LogP contribution is 2.30. The van der Waals surface area contributed by atoms with Crippen LogP contribution >= 0.6 is 0 Å². The molecule has 7 heteroatoms. The summed E-state index contributed by atoms with van der Waals surface area (Å²) in [6.45, 7) is 9.46. The Morgan fingerprint density at radius 1 is 0.929 bits per heavy atom. The number of benzene rings is 2. The summed E-state index contributed by atoms with van der Waals surface area (Å²) in [6.07, 6.45) is 11.9. The van der Waals surface area contributed by atoms with Crippen molar-refractivity contribution in [3.05, 3.63) is 71.8 Å². The summed E-state index contributed by atoms with van der Waals surface area (Å²) in [5.41, 5.74) is 2.69. The standard InChI is InChI=1S/C17H27N3O.C17H25N.CH2O2/c1-3-11-20(16-9-12-19(2)13-10-16)17(21)18-14-15-7-5-4-6-8-15;1-3-7-15(8-4-1)13-18-12-11-17(14-18)16-9-5-2-6-10-16;2-1-3/h4-8,16H,3,9-14H2,1-2H3,(H,18,21);2,5-6,9-10,15,17H,1,3-4,7-8,11-14H2;1H,(H,2,3)/t;17-;/m.1./s1. The third kappa shape index (κ3) is 11.8. The smallest absolute Gasteiger partial charge is 0.317 e. The van der Waals surface area contributed by atoms with Gasteiger partial charge in [-0.15, -0.1) is 0 Å². The summed E-state index contributed by atoms with van der Waals surface area (Å²) < 4.78 is 0. The van der Waals surface area contributed by atoms with Crippen molar-refractivity contribution in [2.24, 2.45) is 5.92 Å². The molecular weight excluding hydrogens is 524 g/mol. The minimum Gasteiger partial charge on any atom is -0.483 e. The number of rotatable bonds is 8. The molecular formula is C35H54N4O3. The van der Waals surface area contributed by atoms with Gasteiger partial charge in [0.15, 0.2) is 0 Å². The zero-order chi connectivity index (χ0) is 30.0. The van der Waals surface area contributed by atoms with E-state index in [1.165, 1.54) is 58.2 Å². The number of piperidine rings is 1. The van der Waals surface area contributed by atoms with E-state index in [1.807, 2.05) is 35.2 Å². The monoisotopic (exact) mass is 578 g/mol. The van der Waals surface area contributed by atoms with Crippen molar-refractivity contribution < 1.29 is 14.7 Å². The van der Waals surface area contributed by atoms with E-state index in [4.69, 9.17) is 9.90 Å². The van der Waals surface area contributed by atoms with E-state index in [2.05, 4.69) is 59.4 Å². The van der Waals surface area contributed by atoms with Crippen LogP contribution in [0.1, 0.15) is 81.8 Å². The molecule has 42 heavy (non-hydrogen) atoms. The van der Waals surface area contributed by atoms with Crippen LogP contribution in [0.3, 0.4) is 0 Å². The van der Waals surface area contributed by atoms with Gasteiger partial charge in [0, 0.05) is 32.2 Å². The highest BCUT2D eigenvalue weighted by atomic mass is 16.3. The van der Waals surface area contributed by atoms with Crippen molar-refractivity contribution >= 4 is 12.5 Å². The van der Waals surface area contributed by atoms with E-state index in [9.17, 15) is 4.79 Å². The Kier molecular flexibility index (Phi) is 15.5. The molecule has 2 aromatic carbocycles. The Morgan fingerprint density at radius 2 is 1.55 bits per heavy atom. The molecule has 0 unspecified atom stereocenters. The quantitative estimate of drug-likeness (QED) is 0.352. The Bertz CT molecular complexity index is 992. The molecule has 7 nitrogen and oxygen atoms in total. The molecule has 0 bridgehead atoms. The fourth-order valence-corrected chi connectivity index (χ4v) is 6.60. The van der Waals surface area contributed by atoms with E-state index >= 15 is 0 Å². The Labute approximate surface area is 254 Å². The lowest BCUT2D eigenvalue weighted by atomic mass is 9.89. The molecule has 0 radical (unpaired) electrons. The summed E-state index contributed by atoms with van der Waals surface area (Å²) in [4.78, 5) is 27.9. The van der Waals surface area contributed by atoms with Crippen LogP contribution in [0, 0.1) is 5.92 Å². The van der Waals surface area contributed by atoms with Crippen LogP contribution in [-0.2, 0) is 11.3 Å². The van der Waals surface area contributed by atoms with Gasteiger partial charge in [0.25, 0.3) is 6.47 Å². The molecule has 2 N–H and O–H groups in total. The Morgan fingerprint density at radius 3 is 2.17 bits per heavy atom. The van der Waals surface area contributed by atoms with Gasteiger partial charge < -0.3 is 25.1 Å². The Hall–Kier alpha value is -2.90. The molecule has 1 saturated carbocycles. The number of hydrogen-bond acceptors (Lipinski definition) is 4. The maximum Gasteiger partial charge on any atom is 0.317 e. The summed E-state index contributed by atoms with van der Waals surface area (Å²) in [5, 5.41) is 9.95. The largest absolute Gasteiger partial charge is 0.483 e. The maximum absolute atomic E-state index is 12.5. The molecule has 1 aliphatic carbocycles. The van der Waals surface area contributed by atoms with Gasteiger partial charge in [0.2, 0.25) is 0 Å². The van der Waals surface area contributed by atoms with Crippen LogP contribution in [0.4, 0.5) is 4.79 Å². The SMILES string of the molecule is CCCN(C(=O)NCc1ccccc1)C1CCN(C)CC1.O=CO.c1ccc([C@@H]2CCN(CC3CCCCC3)C2)cc1. The normalized spacial score (nSPS) is 20.0. The van der Waals surface area contributed by atoms with Crippen LogP contribution in [0.5, 0.6) is 0 Å². The van der Waals surface area contributed by atoms with Crippen molar-refractivity contribution in [1.29, 1.82) is 0 Å². The molecule has 2 heterocycles. The summed E-state index contributed by atoms with van der Waals surface area (Å²) >= 11 is 0. The van der Waals surface area contributed by atoms with Crippen LogP contribution in [0.25, 0.3) is 0 Å². The maximum atomic E-state index is 12.5. The van der Waals surface area contributed by atoms with Crippen molar-refractivity contribution in [3.8, 4) is 0 Å². The van der Waals surface area contributed by atoms with Crippen molar-refractivity contribution in [2.45, 2.75) is 83.2 Å². The van der Waals surface area contributed by atoms with Gasteiger partial charge in [-0.25, -0.2) is 4.79 Å². The topological polar surface area (TPSA) is 76.1 Å². The first-order valence-electron chi connectivity index (χ1n) is 16.2. The number of nitrogens with zero attached hydrogens (tertiary/aromatic N) is 3. The van der Waals surface area contributed by atoms with E-state index in [0.29, 0.717) is 12.6 Å². The first kappa shape index (κ1) is 33.6. The molecule has 3 aliphatic rings. The fourth-order valence-electron chi connectivity index (χ4n) is 6.60. The number of urea groups is 1. The molecule has 2 aromatic rings. The van der Waals surface area contributed by atoms with E-state index in [1.54, 1.807) is 5.56 Å². The molecule has 2 aliphatic heterocycles. The lowest BCUT2D eigenvalue weighted by molar-refractivity contribution is -0.122. The number of amides is 2. The fraction of sp³-hybridized carbons (Fsp3) is 0.600. The zero-order valence-corrected chi connectivity index (χ0v) is 26.0. The predicted octanol–water partition coefficient (Wildman–Crippen LogP) is 6.46. The first-order chi connectivity index (χ1) is 20.5.